The number of rotatable bonds is 4. The number of hydrogen-bond acceptors (Lipinski definition) is 6. The van der Waals surface area contributed by atoms with E-state index in [9.17, 15) is 31.1 Å². The first-order chi connectivity index (χ1) is 18.1. The van der Waals surface area contributed by atoms with Gasteiger partial charge >= 0.3 is 24.3 Å². The molecule has 0 saturated carbocycles. The fourth-order valence-corrected chi connectivity index (χ4v) is 4.65. The maximum absolute atomic E-state index is 13.0. The van der Waals surface area contributed by atoms with E-state index in [1.807, 2.05) is 23.1 Å². The standard InChI is InChI=1S/C20H29N3O2.2C2HF3O2/c24-19-20(8-12-23(19)16-18-3-1-2-9-21-18)6-10-22(11-7-20)15-17-4-13-25-14-5-17;2*3-2(4,5)1(6)7/h1-3,9,17H,4-8,10-16H2;2*(H,6,7). The number of piperidine rings is 1. The topological polar surface area (TPSA) is 120 Å². The lowest BCUT2D eigenvalue weighted by atomic mass is 9.77. The first kappa shape index (κ1) is 32.3. The molecule has 1 spiro atoms. The van der Waals surface area contributed by atoms with Crippen molar-refractivity contribution in [3.05, 3.63) is 30.1 Å². The van der Waals surface area contributed by atoms with Crippen LogP contribution in [0.2, 0.25) is 0 Å². The molecule has 15 heteroatoms. The molecular formula is C24H31F6N3O6. The Morgan fingerprint density at radius 2 is 1.46 bits per heavy atom. The lowest BCUT2D eigenvalue weighted by molar-refractivity contribution is -0.193. The highest BCUT2D eigenvalue weighted by Gasteiger charge is 2.48. The molecule has 1 aromatic rings. The van der Waals surface area contributed by atoms with Crippen LogP contribution >= 0.6 is 0 Å². The zero-order valence-electron chi connectivity index (χ0n) is 21.0. The van der Waals surface area contributed by atoms with Crippen LogP contribution in [0.4, 0.5) is 26.3 Å². The van der Waals surface area contributed by atoms with E-state index in [2.05, 4.69) is 9.88 Å². The highest BCUT2D eigenvalue weighted by Crippen LogP contribution is 2.42. The third-order valence-electron chi connectivity index (χ3n) is 6.84. The third-order valence-corrected chi connectivity index (χ3v) is 6.84. The summed E-state index contributed by atoms with van der Waals surface area (Å²) >= 11 is 0. The first-order valence-electron chi connectivity index (χ1n) is 12.2. The second kappa shape index (κ2) is 13.9. The second-order valence-corrected chi connectivity index (χ2v) is 9.54. The van der Waals surface area contributed by atoms with Gasteiger partial charge in [0.15, 0.2) is 0 Å². The number of likely N-dealkylation sites (tertiary alicyclic amines) is 2. The van der Waals surface area contributed by atoms with E-state index in [1.165, 1.54) is 19.4 Å². The van der Waals surface area contributed by atoms with Gasteiger partial charge in [-0.3, -0.25) is 9.78 Å². The van der Waals surface area contributed by atoms with Crippen LogP contribution < -0.4 is 0 Å². The van der Waals surface area contributed by atoms with Gasteiger partial charge in [0.05, 0.1) is 17.7 Å². The number of carboxylic acid groups (broad SMARTS) is 2. The van der Waals surface area contributed by atoms with Gasteiger partial charge in [0.2, 0.25) is 5.91 Å². The number of halogens is 6. The fourth-order valence-electron chi connectivity index (χ4n) is 4.65. The molecule has 0 bridgehead atoms. The highest BCUT2D eigenvalue weighted by atomic mass is 19.4. The lowest BCUT2D eigenvalue weighted by Crippen LogP contribution is -2.46. The molecule has 220 valence electrons. The zero-order valence-corrected chi connectivity index (χ0v) is 21.0. The predicted octanol–water partition coefficient (Wildman–Crippen LogP) is 3.59. The Labute approximate surface area is 220 Å². The van der Waals surface area contributed by atoms with Gasteiger partial charge in [0.25, 0.3) is 0 Å². The van der Waals surface area contributed by atoms with Gasteiger partial charge in [-0.05, 0) is 63.2 Å². The Balaban J connectivity index is 0.000000317. The van der Waals surface area contributed by atoms with Crippen molar-refractivity contribution in [1.82, 2.24) is 14.8 Å². The van der Waals surface area contributed by atoms with Crippen molar-refractivity contribution in [3.8, 4) is 0 Å². The number of ether oxygens (including phenoxy) is 1. The van der Waals surface area contributed by atoms with Gasteiger partial charge in [0, 0.05) is 32.5 Å². The maximum Gasteiger partial charge on any atom is 0.490 e. The van der Waals surface area contributed by atoms with Crippen molar-refractivity contribution in [3.63, 3.8) is 0 Å². The summed E-state index contributed by atoms with van der Waals surface area (Å²) in [6.45, 7) is 6.71. The van der Waals surface area contributed by atoms with Gasteiger partial charge in [-0.1, -0.05) is 6.07 Å². The number of aromatic nitrogens is 1. The van der Waals surface area contributed by atoms with Crippen LogP contribution in [-0.2, 0) is 25.7 Å². The van der Waals surface area contributed by atoms with E-state index < -0.39 is 24.3 Å². The second-order valence-electron chi connectivity index (χ2n) is 9.54. The number of pyridine rings is 1. The van der Waals surface area contributed by atoms with Crippen LogP contribution in [0.25, 0.3) is 0 Å². The molecule has 39 heavy (non-hydrogen) atoms. The molecule has 4 heterocycles. The van der Waals surface area contributed by atoms with E-state index in [-0.39, 0.29) is 5.41 Å². The number of hydrogen-bond donors (Lipinski definition) is 2. The highest BCUT2D eigenvalue weighted by molar-refractivity contribution is 5.85. The quantitative estimate of drug-likeness (QED) is 0.527. The van der Waals surface area contributed by atoms with Crippen LogP contribution in [-0.4, -0.2) is 94.6 Å². The average molecular weight is 572 g/mol. The molecule has 3 saturated heterocycles. The largest absolute Gasteiger partial charge is 0.490 e. The third kappa shape index (κ3) is 10.3. The van der Waals surface area contributed by atoms with Crippen LogP contribution in [0.15, 0.2) is 24.4 Å². The van der Waals surface area contributed by atoms with E-state index in [0.717, 1.165) is 63.7 Å². The van der Waals surface area contributed by atoms with Crippen LogP contribution in [0.5, 0.6) is 0 Å². The molecule has 3 aliphatic rings. The van der Waals surface area contributed by atoms with E-state index in [1.54, 1.807) is 6.20 Å². The van der Waals surface area contributed by atoms with E-state index >= 15 is 0 Å². The number of aliphatic carboxylic acids is 2. The monoisotopic (exact) mass is 571 g/mol. The van der Waals surface area contributed by atoms with Gasteiger partial charge in [0.1, 0.15) is 0 Å². The zero-order chi connectivity index (χ0) is 29.3. The molecule has 0 aliphatic carbocycles. The van der Waals surface area contributed by atoms with Crippen LogP contribution in [0, 0.1) is 11.3 Å². The minimum atomic E-state index is -5.08. The van der Waals surface area contributed by atoms with Crippen molar-refractivity contribution in [1.29, 1.82) is 0 Å². The van der Waals surface area contributed by atoms with Crippen molar-refractivity contribution in [2.24, 2.45) is 11.3 Å². The summed E-state index contributed by atoms with van der Waals surface area (Å²) in [5.74, 6) is -4.37. The minimum Gasteiger partial charge on any atom is -0.475 e. The number of alkyl halides is 6. The van der Waals surface area contributed by atoms with Crippen LogP contribution in [0.3, 0.4) is 0 Å². The van der Waals surface area contributed by atoms with Crippen molar-refractivity contribution in [2.45, 2.75) is 51.0 Å². The smallest absolute Gasteiger partial charge is 0.475 e. The minimum absolute atomic E-state index is 0.0963. The molecular weight excluding hydrogens is 540 g/mol. The molecule has 4 rings (SSSR count). The lowest BCUT2D eigenvalue weighted by Gasteiger charge is -2.39. The van der Waals surface area contributed by atoms with E-state index in [4.69, 9.17) is 24.5 Å². The Morgan fingerprint density at radius 1 is 0.949 bits per heavy atom. The number of carbonyl (C=O) groups excluding carboxylic acids is 1. The van der Waals surface area contributed by atoms with Gasteiger partial charge in [-0.15, -0.1) is 0 Å². The molecule has 0 atom stereocenters. The molecule has 9 nitrogen and oxygen atoms in total. The normalized spacial score (nSPS) is 20.1. The average Bonchev–Trinajstić information content (AvgIpc) is 3.16. The molecule has 0 radical (unpaired) electrons. The van der Waals surface area contributed by atoms with Gasteiger partial charge < -0.3 is 24.7 Å². The van der Waals surface area contributed by atoms with Crippen molar-refractivity contribution < 1.29 is 55.7 Å². The van der Waals surface area contributed by atoms with Crippen molar-refractivity contribution >= 4 is 17.8 Å². The van der Waals surface area contributed by atoms with Crippen LogP contribution in [0.1, 0.15) is 37.8 Å². The van der Waals surface area contributed by atoms with Gasteiger partial charge in [-0.2, -0.15) is 26.3 Å². The number of amides is 1. The Bertz CT molecular complexity index is 922. The fraction of sp³-hybridized carbons (Fsp3) is 0.667. The molecule has 0 unspecified atom stereocenters. The molecule has 3 aliphatic heterocycles. The predicted molar refractivity (Wildman–Crippen MR) is 123 cm³/mol. The molecule has 1 amide bonds. The summed E-state index contributed by atoms with van der Waals surface area (Å²) in [6, 6.07) is 5.92. The summed E-state index contributed by atoms with van der Waals surface area (Å²) in [5, 5.41) is 14.2. The summed E-state index contributed by atoms with van der Waals surface area (Å²) < 4.78 is 68.9. The maximum atomic E-state index is 13.0. The molecule has 2 N–H and O–H groups in total. The van der Waals surface area contributed by atoms with Gasteiger partial charge in [-0.25, -0.2) is 9.59 Å². The summed E-state index contributed by atoms with van der Waals surface area (Å²) in [5.41, 5.74) is 0.894. The molecule has 0 aromatic carbocycles. The Morgan fingerprint density at radius 3 is 1.92 bits per heavy atom. The first-order valence-corrected chi connectivity index (χ1v) is 12.2. The Kier molecular flexibility index (Phi) is 11.5. The number of nitrogens with zero attached hydrogens (tertiary/aromatic N) is 3. The number of carbonyl (C=O) groups is 3. The molecule has 3 fully saturated rings. The molecule has 1 aromatic heterocycles. The Hall–Kier alpha value is -2.94. The summed E-state index contributed by atoms with van der Waals surface area (Å²) in [4.78, 5) is 39.8. The summed E-state index contributed by atoms with van der Waals surface area (Å²) in [6.07, 6.45) is -2.91. The number of carboxylic acids is 2. The summed E-state index contributed by atoms with van der Waals surface area (Å²) in [7, 11) is 0. The van der Waals surface area contributed by atoms with E-state index in [0.29, 0.717) is 12.5 Å². The van der Waals surface area contributed by atoms with Crippen molar-refractivity contribution in [2.75, 3.05) is 39.4 Å². The SMILES string of the molecule is O=C(O)C(F)(F)F.O=C(O)C(F)(F)F.O=C1N(Cc2ccccn2)CCC12CCN(CC1CCOCC1)CC2.